The third-order valence-electron chi connectivity index (χ3n) is 3.36. The van der Waals surface area contributed by atoms with Crippen LogP contribution in [-0.2, 0) is 9.53 Å². The number of para-hydroxylation sites is 1. The molecule has 0 fully saturated rings. The van der Waals surface area contributed by atoms with Crippen molar-refractivity contribution >= 4 is 69.1 Å². The van der Waals surface area contributed by atoms with Gasteiger partial charge in [0, 0.05) is 5.69 Å². The van der Waals surface area contributed by atoms with Gasteiger partial charge in [-0.05, 0) is 81.4 Å². The molecule has 0 saturated carbocycles. The number of hydrazone groups is 1. The van der Waals surface area contributed by atoms with E-state index in [1.54, 1.807) is 0 Å². The van der Waals surface area contributed by atoms with Crippen molar-refractivity contribution in [1.29, 1.82) is 0 Å². The first-order valence-electron chi connectivity index (χ1n) is 7.75. The molecule has 9 heteroatoms. The first-order valence-corrected chi connectivity index (χ1v) is 9.90. The number of urea groups is 1. The lowest BCUT2D eigenvalue weighted by molar-refractivity contribution is -0.142. The van der Waals surface area contributed by atoms with Gasteiger partial charge in [0.1, 0.15) is 5.75 Å². The van der Waals surface area contributed by atoms with Gasteiger partial charge in [0.2, 0.25) is 0 Å². The first-order chi connectivity index (χ1) is 12.9. The zero-order valence-corrected chi connectivity index (χ0v) is 18.9. The van der Waals surface area contributed by atoms with Gasteiger partial charge in [-0.25, -0.2) is 15.0 Å². The summed E-state index contributed by atoms with van der Waals surface area (Å²) < 4.78 is 11.7. The van der Waals surface area contributed by atoms with Crippen LogP contribution in [0.2, 0.25) is 0 Å². The van der Waals surface area contributed by atoms with Gasteiger partial charge in [-0.2, -0.15) is 5.10 Å². The van der Waals surface area contributed by atoms with Crippen molar-refractivity contribution in [1.82, 2.24) is 5.43 Å². The molecule has 2 rings (SSSR count). The van der Waals surface area contributed by atoms with Crippen molar-refractivity contribution < 1.29 is 19.1 Å². The fourth-order valence-corrected chi connectivity index (χ4v) is 4.14. The van der Waals surface area contributed by atoms with Crippen LogP contribution < -0.4 is 15.5 Å². The Labute approximate surface area is 184 Å². The van der Waals surface area contributed by atoms with Crippen molar-refractivity contribution in [2.24, 2.45) is 5.10 Å². The number of anilines is 1. The molecule has 0 unspecified atom stereocenters. The first kappa shape index (κ1) is 21.4. The molecule has 0 aliphatic carbocycles. The van der Waals surface area contributed by atoms with Gasteiger partial charge in [-0.1, -0.05) is 18.2 Å². The molecule has 2 N–H and O–H groups in total. The van der Waals surface area contributed by atoms with E-state index in [-0.39, 0.29) is 6.61 Å². The number of amides is 2. The van der Waals surface area contributed by atoms with Gasteiger partial charge in [0.15, 0.2) is 6.61 Å². The van der Waals surface area contributed by atoms with Gasteiger partial charge in [-0.3, -0.25) is 0 Å². The van der Waals surface area contributed by atoms with Gasteiger partial charge >= 0.3 is 12.0 Å². The molecule has 0 aliphatic heterocycles. The molecule has 0 heterocycles. The van der Waals surface area contributed by atoms with Crippen molar-refractivity contribution in [3.8, 4) is 5.75 Å². The Balaban J connectivity index is 1.97. The lowest BCUT2D eigenvalue weighted by atomic mass is 10.2. The normalized spacial score (nSPS) is 10.5. The molecule has 0 spiro atoms. The molecule has 7 nitrogen and oxygen atoms in total. The zero-order valence-electron chi connectivity index (χ0n) is 14.6. The molecule has 2 amide bonds. The van der Waals surface area contributed by atoms with Crippen molar-refractivity contribution in [2.45, 2.75) is 6.92 Å². The van der Waals surface area contributed by atoms with Gasteiger partial charge < -0.3 is 14.8 Å². The third kappa shape index (κ3) is 6.65. The van der Waals surface area contributed by atoms with Crippen LogP contribution in [0.5, 0.6) is 5.75 Å². The molecule has 2 aromatic carbocycles. The number of nitrogens with zero attached hydrogens (tertiary/aromatic N) is 1. The molecule has 27 heavy (non-hydrogen) atoms. The Morgan fingerprint density at radius 1 is 1.19 bits per heavy atom. The van der Waals surface area contributed by atoms with E-state index >= 15 is 0 Å². The van der Waals surface area contributed by atoms with E-state index in [1.807, 2.05) is 43.3 Å². The summed E-state index contributed by atoms with van der Waals surface area (Å²) in [4.78, 5) is 23.1. The Bertz CT molecular complexity index is 848. The number of carbonyl (C=O) groups is 2. The quantitative estimate of drug-likeness (QED) is 0.230. The van der Waals surface area contributed by atoms with Crippen LogP contribution in [-0.4, -0.2) is 31.9 Å². The number of hydrogen-bond donors (Lipinski definition) is 2. The summed E-state index contributed by atoms with van der Waals surface area (Å²) in [6.07, 6.45) is 1.53. The highest BCUT2D eigenvalue weighted by molar-refractivity contribution is 14.1. The van der Waals surface area contributed by atoms with Crippen LogP contribution in [0, 0.1) is 14.1 Å². The van der Waals surface area contributed by atoms with E-state index in [0.29, 0.717) is 5.75 Å². The number of rotatable bonds is 6. The second-order valence-corrected chi connectivity index (χ2v) is 7.64. The third-order valence-corrected chi connectivity index (χ3v) is 4.96. The lowest BCUT2D eigenvalue weighted by Gasteiger charge is -2.10. The monoisotopic (exact) mass is 593 g/mol. The van der Waals surface area contributed by atoms with E-state index in [0.717, 1.165) is 24.0 Å². The number of aryl methyl sites for hydroxylation is 1. The number of hydrogen-bond acceptors (Lipinski definition) is 5. The van der Waals surface area contributed by atoms with Crippen LogP contribution in [0.4, 0.5) is 10.5 Å². The molecule has 0 aromatic heterocycles. The minimum atomic E-state index is -0.448. The largest absolute Gasteiger partial charge is 0.480 e. The molecule has 142 valence electrons. The standard InChI is InChI=1S/C18H17I2N3O4/c1-11-5-3-4-6-15(11)22-18(25)23-21-9-12-7-13(19)17(14(20)8-12)27-10-16(24)26-2/h3-9H,10H2,1-2H3,(H2,22,23,25). The Morgan fingerprint density at radius 3 is 2.48 bits per heavy atom. The molecule has 0 aliphatic rings. The lowest BCUT2D eigenvalue weighted by Crippen LogP contribution is -2.24. The van der Waals surface area contributed by atoms with Crippen LogP contribution in [0.3, 0.4) is 0 Å². The number of carbonyl (C=O) groups excluding carboxylic acids is 2. The highest BCUT2D eigenvalue weighted by atomic mass is 127. The predicted octanol–water partition coefficient (Wildman–Crippen LogP) is 3.91. The highest BCUT2D eigenvalue weighted by Crippen LogP contribution is 2.28. The van der Waals surface area contributed by atoms with E-state index in [9.17, 15) is 9.59 Å². The average molecular weight is 593 g/mol. The average Bonchev–Trinajstić information content (AvgIpc) is 2.62. The van der Waals surface area contributed by atoms with E-state index in [2.05, 4.69) is 65.8 Å². The number of halogens is 2. The maximum Gasteiger partial charge on any atom is 0.343 e. The minimum absolute atomic E-state index is 0.156. The van der Waals surface area contributed by atoms with Crippen LogP contribution in [0.25, 0.3) is 0 Å². The summed E-state index contributed by atoms with van der Waals surface area (Å²) in [6.45, 7) is 1.75. The predicted molar refractivity (Wildman–Crippen MR) is 120 cm³/mol. The number of nitrogens with one attached hydrogen (secondary N) is 2. The van der Waals surface area contributed by atoms with E-state index in [1.165, 1.54) is 13.3 Å². The van der Waals surface area contributed by atoms with Gasteiger partial charge in [0.05, 0.1) is 20.5 Å². The highest BCUT2D eigenvalue weighted by Gasteiger charge is 2.11. The number of methoxy groups -OCH3 is 1. The number of benzene rings is 2. The summed E-state index contributed by atoms with van der Waals surface area (Å²) in [7, 11) is 1.31. The smallest absolute Gasteiger partial charge is 0.343 e. The molecular formula is C18H17I2N3O4. The molecule has 2 aromatic rings. The fourth-order valence-electron chi connectivity index (χ4n) is 2.01. The fraction of sp³-hybridized carbons (Fsp3) is 0.167. The van der Waals surface area contributed by atoms with Crippen LogP contribution >= 0.6 is 45.2 Å². The number of ether oxygens (including phenoxy) is 2. The minimum Gasteiger partial charge on any atom is -0.480 e. The Morgan fingerprint density at radius 2 is 1.85 bits per heavy atom. The van der Waals surface area contributed by atoms with Gasteiger partial charge in [0.25, 0.3) is 0 Å². The summed E-state index contributed by atoms with van der Waals surface area (Å²) in [6, 6.07) is 10.7. The van der Waals surface area contributed by atoms with E-state index < -0.39 is 12.0 Å². The Kier molecular flexibility index (Phi) is 8.28. The van der Waals surface area contributed by atoms with Crippen molar-refractivity contribution in [2.75, 3.05) is 19.0 Å². The maximum absolute atomic E-state index is 11.9. The number of esters is 1. The summed E-state index contributed by atoms with van der Waals surface area (Å²) in [5.74, 6) is 0.153. The van der Waals surface area contributed by atoms with Crippen molar-refractivity contribution in [3.05, 3.63) is 54.7 Å². The van der Waals surface area contributed by atoms with Gasteiger partial charge in [-0.15, -0.1) is 0 Å². The zero-order chi connectivity index (χ0) is 19.8. The molecular weight excluding hydrogens is 576 g/mol. The topological polar surface area (TPSA) is 89.0 Å². The molecule has 0 radical (unpaired) electrons. The molecule has 0 atom stereocenters. The summed E-state index contributed by atoms with van der Waals surface area (Å²) in [5.41, 5.74) is 4.90. The van der Waals surface area contributed by atoms with E-state index in [4.69, 9.17) is 4.74 Å². The second-order valence-electron chi connectivity index (χ2n) is 5.32. The van der Waals surface area contributed by atoms with Crippen LogP contribution in [0.1, 0.15) is 11.1 Å². The van der Waals surface area contributed by atoms with Crippen LogP contribution in [0.15, 0.2) is 41.5 Å². The molecule has 0 bridgehead atoms. The maximum atomic E-state index is 11.9. The Hall–Kier alpha value is -1.89. The summed E-state index contributed by atoms with van der Waals surface area (Å²) >= 11 is 4.22. The second kappa shape index (κ2) is 10.4. The SMILES string of the molecule is COC(=O)COc1c(I)cc(C=NNC(=O)Nc2ccccc2C)cc1I. The summed E-state index contributed by atoms with van der Waals surface area (Å²) in [5, 5.41) is 6.69. The molecule has 0 saturated heterocycles. The van der Waals surface area contributed by atoms with Crippen molar-refractivity contribution in [3.63, 3.8) is 0 Å².